The molecule has 2 N–H and O–H groups in total. The number of thioether (sulfide) groups is 1. The third kappa shape index (κ3) is 2.19. The lowest BCUT2D eigenvalue weighted by molar-refractivity contribution is 0.193. The molecule has 5 heteroatoms. The summed E-state index contributed by atoms with van der Waals surface area (Å²) in [5.41, 5.74) is 8.20. The van der Waals surface area contributed by atoms with E-state index in [1.807, 2.05) is 11.8 Å². The number of ether oxygens (including phenoxy) is 1. The van der Waals surface area contributed by atoms with E-state index < -0.39 is 0 Å². The van der Waals surface area contributed by atoms with Crippen molar-refractivity contribution in [2.45, 2.75) is 30.2 Å². The minimum absolute atomic E-state index is 0.474. The van der Waals surface area contributed by atoms with Crippen LogP contribution in [0, 0.1) is 0 Å². The molecule has 0 saturated carbocycles. The number of rotatable bonds is 3. The fraction of sp³-hybridized carbons (Fsp3) is 0.667. The van der Waals surface area contributed by atoms with Gasteiger partial charge in [0, 0.05) is 30.3 Å². The van der Waals surface area contributed by atoms with Gasteiger partial charge in [-0.3, -0.25) is 0 Å². The SMILES string of the molecule is NCCc1nc2c(c(C3CCOC3)n1)CCS2. The third-order valence-corrected chi connectivity index (χ3v) is 4.34. The number of hydrogen-bond donors (Lipinski definition) is 1. The van der Waals surface area contributed by atoms with Gasteiger partial charge in [0.05, 0.1) is 12.3 Å². The van der Waals surface area contributed by atoms with Gasteiger partial charge in [-0.1, -0.05) is 0 Å². The van der Waals surface area contributed by atoms with Gasteiger partial charge in [0.2, 0.25) is 0 Å². The van der Waals surface area contributed by atoms with Crippen LogP contribution in [0.4, 0.5) is 0 Å². The van der Waals surface area contributed by atoms with Crippen LogP contribution in [0.5, 0.6) is 0 Å². The molecule has 1 aromatic heterocycles. The molecular formula is C12H17N3OS. The highest BCUT2D eigenvalue weighted by Crippen LogP contribution is 2.36. The lowest BCUT2D eigenvalue weighted by atomic mass is 9.99. The van der Waals surface area contributed by atoms with Crippen LogP contribution >= 0.6 is 11.8 Å². The first kappa shape index (κ1) is 11.4. The van der Waals surface area contributed by atoms with E-state index in [9.17, 15) is 0 Å². The second kappa shape index (κ2) is 4.92. The molecule has 1 unspecified atom stereocenters. The average Bonchev–Trinajstić information content (AvgIpc) is 2.99. The van der Waals surface area contributed by atoms with Crippen LogP contribution in [0.1, 0.15) is 29.4 Å². The molecule has 17 heavy (non-hydrogen) atoms. The first-order valence-corrected chi connectivity index (χ1v) is 7.17. The Hall–Kier alpha value is -0.650. The highest BCUT2D eigenvalue weighted by Gasteiger charge is 2.27. The van der Waals surface area contributed by atoms with Gasteiger partial charge >= 0.3 is 0 Å². The molecule has 0 spiro atoms. The molecular weight excluding hydrogens is 234 g/mol. The Morgan fingerprint density at radius 2 is 2.35 bits per heavy atom. The number of nitrogens with zero attached hydrogens (tertiary/aromatic N) is 2. The maximum absolute atomic E-state index is 5.60. The maximum atomic E-state index is 5.60. The molecule has 0 aliphatic carbocycles. The van der Waals surface area contributed by atoms with Crippen molar-refractivity contribution >= 4 is 11.8 Å². The standard InChI is InChI=1S/C12H17N3OS/c13-4-1-10-14-11(8-2-5-16-7-8)9-3-6-17-12(9)15-10/h8H,1-7,13H2. The van der Waals surface area contributed by atoms with Crippen molar-refractivity contribution in [2.24, 2.45) is 5.73 Å². The highest BCUT2D eigenvalue weighted by atomic mass is 32.2. The van der Waals surface area contributed by atoms with E-state index in [4.69, 9.17) is 15.5 Å². The van der Waals surface area contributed by atoms with Gasteiger partial charge in [-0.15, -0.1) is 11.8 Å². The van der Waals surface area contributed by atoms with E-state index in [-0.39, 0.29) is 0 Å². The first-order valence-electron chi connectivity index (χ1n) is 6.19. The predicted molar refractivity (Wildman–Crippen MR) is 67.4 cm³/mol. The number of aromatic nitrogens is 2. The van der Waals surface area contributed by atoms with Gasteiger partial charge in [0.1, 0.15) is 10.9 Å². The molecule has 0 amide bonds. The van der Waals surface area contributed by atoms with Crippen molar-refractivity contribution in [1.82, 2.24) is 9.97 Å². The molecule has 1 atom stereocenters. The summed E-state index contributed by atoms with van der Waals surface area (Å²) in [5, 5.41) is 1.19. The zero-order valence-corrected chi connectivity index (χ0v) is 10.6. The fourth-order valence-electron chi connectivity index (χ4n) is 2.46. The summed E-state index contributed by atoms with van der Waals surface area (Å²) in [6.45, 7) is 2.29. The van der Waals surface area contributed by atoms with Gasteiger partial charge in [-0.05, 0) is 19.4 Å². The van der Waals surface area contributed by atoms with Crippen molar-refractivity contribution in [1.29, 1.82) is 0 Å². The Kier molecular flexibility index (Phi) is 3.31. The van der Waals surface area contributed by atoms with Gasteiger partial charge < -0.3 is 10.5 Å². The topological polar surface area (TPSA) is 61.0 Å². The Labute approximate surface area is 105 Å². The first-order chi connectivity index (χ1) is 8.38. The Morgan fingerprint density at radius 3 is 3.12 bits per heavy atom. The van der Waals surface area contributed by atoms with Crippen LogP contribution in [0.2, 0.25) is 0 Å². The largest absolute Gasteiger partial charge is 0.381 e. The summed E-state index contributed by atoms with van der Waals surface area (Å²) in [4.78, 5) is 9.34. The molecule has 1 saturated heterocycles. The van der Waals surface area contributed by atoms with E-state index in [0.29, 0.717) is 12.5 Å². The van der Waals surface area contributed by atoms with E-state index in [1.54, 1.807) is 0 Å². The molecule has 2 aliphatic heterocycles. The number of hydrogen-bond acceptors (Lipinski definition) is 5. The summed E-state index contributed by atoms with van der Waals surface area (Å²) < 4.78 is 5.48. The monoisotopic (exact) mass is 251 g/mol. The summed E-state index contributed by atoms with van der Waals surface area (Å²) in [6.07, 6.45) is 2.97. The molecule has 0 aromatic carbocycles. The second-order valence-electron chi connectivity index (χ2n) is 4.51. The minimum atomic E-state index is 0.474. The molecule has 4 nitrogen and oxygen atoms in total. The predicted octanol–water partition coefficient (Wildman–Crippen LogP) is 1.13. The summed E-state index contributed by atoms with van der Waals surface area (Å²) >= 11 is 1.85. The molecule has 1 fully saturated rings. The van der Waals surface area contributed by atoms with Crippen molar-refractivity contribution in [3.05, 3.63) is 17.1 Å². The van der Waals surface area contributed by atoms with Crippen molar-refractivity contribution in [3.63, 3.8) is 0 Å². The molecule has 1 aromatic rings. The Bertz CT molecular complexity index is 418. The fourth-order valence-corrected chi connectivity index (χ4v) is 3.51. The van der Waals surface area contributed by atoms with Gasteiger partial charge in [0.25, 0.3) is 0 Å². The molecule has 3 rings (SSSR count). The van der Waals surface area contributed by atoms with Gasteiger partial charge in [-0.2, -0.15) is 0 Å². The van der Waals surface area contributed by atoms with Crippen LogP contribution in [0.15, 0.2) is 5.03 Å². The van der Waals surface area contributed by atoms with Gasteiger partial charge in [-0.25, -0.2) is 9.97 Å². The third-order valence-electron chi connectivity index (χ3n) is 3.32. The van der Waals surface area contributed by atoms with Gasteiger partial charge in [0.15, 0.2) is 0 Å². The molecule has 3 heterocycles. The molecule has 0 bridgehead atoms. The van der Waals surface area contributed by atoms with E-state index in [1.165, 1.54) is 16.3 Å². The van der Waals surface area contributed by atoms with Crippen molar-refractivity contribution in [2.75, 3.05) is 25.5 Å². The normalized spacial score (nSPS) is 23.0. The lowest BCUT2D eigenvalue weighted by Gasteiger charge is -2.13. The molecule has 92 valence electrons. The zero-order valence-electron chi connectivity index (χ0n) is 9.82. The Morgan fingerprint density at radius 1 is 1.41 bits per heavy atom. The minimum Gasteiger partial charge on any atom is -0.381 e. The lowest BCUT2D eigenvalue weighted by Crippen LogP contribution is -2.13. The van der Waals surface area contributed by atoms with Crippen LogP contribution < -0.4 is 5.73 Å². The quantitative estimate of drug-likeness (QED) is 0.816. The van der Waals surface area contributed by atoms with Crippen molar-refractivity contribution in [3.8, 4) is 0 Å². The molecule has 0 radical (unpaired) electrons. The number of nitrogens with two attached hydrogens (primary N) is 1. The van der Waals surface area contributed by atoms with E-state index >= 15 is 0 Å². The molecule has 2 aliphatic rings. The summed E-state index contributed by atoms with van der Waals surface area (Å²) in [7, 11) is 0. The van der Waals surface area contributed by atoms with Crippen LogP contribution in [-0.4, -0.2) is 35.5 Å². The highest BCUT2D eigenvalue weighted by molar-refractivity contribution is 7.99. The average molecular weight is 251 g/mol. The number of fused-ring (bicyclic) bond motifs is 1. The van der Waals surface area contributed by atoms with E-state index in [2.05, 4.69) is 4.98 Å². The summed E-state index contributed by atoms with van der Waals surface area (Å²) in [6, 6.07) is 0. The zero-order chi connectivity index (χ0) is 11.7. The van der Waals surface area contributed by atoms with E-state index in [0.717, 1.165) is 44.1 Å². The second-order valence-corrected chi connectivity index (χ2v) is 5.59. The van der Waals surface area contributed by atoms with Crippen molar-refractivity contribution < 1.29 is 4.74 Å². The summed E-state index contributed by atoms with van der Waals surface area (Å²) in [5.74, 6) is 2.51. The Balaban J connectivity index is 1.99. The smallest absolute Gasteiger partial charge is 0.131 e. The van der Waals surface area contributed by atoms with Crippen LogP contribution in [-0.2, 0) is 17.6 Å². The maximum Gasteiger partial charge on any atom is 0.131 e. The van der Waals surface area contributed by atoms with Crippen LogP contribution in [0.25, 0.3) is 0 Å². The van der Waals surface area contributed by atoms with Crippen LogP contribution in [0.3, 0.4) is 0 Å².